The van der Waals surface area contributed by atoms with E-state index >= 15 is 0 Å². The lowest BCUT2D eigenvalue weighted by Gasteiger charge is -2.18. The van der Waals surface area contributed by atoms with Crippen LogP contribution in [-0.2, 0) is 15.8 Å². The van der Waals surface area contributed by atoms with Crippen molar-refractivity contribution in [1.29, 1.82) is 0 Å². The molecule has 0 spiro atoms. The highest BCUT2D eigenvalue weighted by atomic mass is 35.5. The van der Waals surface area contributed by atoms with Gasteiger partial charge in [-0.3, -0.25) is 4.79 Å². The maximum atomic E-state index is 13.2. The predicted octanol–water partition coefficient (Wildman–Crippen LogP) is 3.29. The number of halogens is 5. The van der Waals surface area contributed by atoms with Crippen LogP contribution in [0.5, 0.6) is 0 Å². The summed E-state index contributed by atoms with van der Waals surface area (Å²) in [6.45, 7) is 0. The molecular weight excluding hydrogens is 426 g/mol. The quantitative estimate of drug-likeness (QED) is 0.522. The van der Waals surface area contributed by atoms with Gasteiger partial charge in [-0.25, -0.2) is 9.78 Å². The van der Waals surface area contributed by atoms with Gasteiger partial charge in [-0.1, -0.05) is 23.2 Å². The summed E-state index contributed by atoms with van der Waals surface area (Å²) in [4.78, 5) is 29.4. The first-order chi connectivity index (χ1) is 13.0. The number of carbonyl (C=O) groups excluding carboxylic acids is 1. The summed E-state index contributed by atoms with van der Waals surface area (Å²) in [6.07, 6.45) is -5.15. The average molecular weight is 438 g/mol. The second-order valence-corrected chi connectivity index (χ2v) is 6.23. The van der Waals surface area contributed by atoms with E-state index in [2.05, 4.69) is 20.6 Å². The van der Waals surface area contributed by atoms with E-state index in [9.17, 15) is 22.8 Å². The fraction of sp³-hybridized carbons (Fsp3) is 0.200. The number of amides is 1. The van der Waals surface area contributed by atoms with Gasteiger partial charge in [0, 0.05) is 11.9 Å². The molecule has 0 aliphatic heterocycles. The first-order valence-electron chi connectivity index (χ1n) is 7.41. The van der Waals surface area contributed by atoms with Crippen LogP contribution in [0.15, 0.2) is 24.4 Å². The highest BCUT2D eigenvalue weighted by Gasteiger charge is 2.36. The molecule has 0 aliphatic rings. The number of aromatic nitrogens is 2. The largest absolute Gasteiger partial charge is 0.480 e. The number of aliphatic carboxylic acids is 1. The van der Waals surface area contributed by atoms with Crippen LogP contribution in [0, 0.1) is 0 Å². The third-order valence-electron chi connectivity index (χ3n) is 3.28. The minimum absolute atomic E-state index is 0.185. The summed E-state index contributed by atoms with van der Waals surface area (Å²) in [7, 11) is 0. The van der Waals surface area contributed by atoms with Crippen molar-refractivity contribution in [3.05, 3.63) is 40.0 Å². The molecule has 0 fully saturated rings. The molecule has 1 aromatic heterocycles. The Kier molecular flexibility index (Phi) is 6.52. The van der Waals surface area contributed by atoms with E-state index in [0.29, 0.717) is 11.9 Å². The molecule has 8 nitrogen and oxygen atoms in total. The van der Waals surface area contributed by atoms with Crippen LogP contribution in [0.1, 0.15) is 12.0 Å². The van der Waals surface area contributed by atoms with Crippen molar-refractivity contribution >= 4 is 52.5 Å². The molecule has 1 aromatic carbocycles. The highest BCUT2D eigenvalue weighted by Crippen LogP contribution is 2.35. The van der Waals surface area contributed by atoms with Gasteiger partial charge >= 0.3 is 12.1 Å². The number of benzene rings is 1. The van der Waals surface area contributed by atoms with Crippen molar-refractivity contribution in [2.45, 2.75) is 18.6 Å². The van der Waals surface area contributed by atoms with Crippen molar-refractivity contribution in [3.63, 3.8) is 0 Å². The molecular formula is C15H12Cl2F3N5O3. The summed E-state index contributed by atoms with van der Waals surface area (Å²) < 4.78 is 39.6. The Morgan fingerprint density at radius 1 is 1.25 bits per heavy atom. The number of alkyl halides is 3. The van der Waals surface area contributed by atoms with E-state index in [4.69, 9.17) is 34.0 Å². The van der Waals surface area contributed by atoms with Crippen molar-refractivity contribution in [2.75, 3.05) is 10.6 Å². The topological polar surface area (TPSA) is 130 Å². The number of nitrogens with two attached hydrogens (primary N) is 1. The lowest BCUT2D eigenvalue weighted by molar-refractivity contribution is -0.140. The minimum atomic E-state index is -4.87. The molecule has 0 saturated carbocycles. The standard InChI is InChI=1S/C15H12Cl2F3N5O3/c16-8-2-1-6(3-9(8)17)23-14-22-5-7(15(18,19)20)12(25-14)24-10(13(27)28)4-11(21)26/h1-3,5,10H,4H2,(H2,21,26)(H,27,28)(H2,22,23,24,25). The van der Waals surface area contributed by atoms with Crippen molar-refractivity contribution in [1.82, 2.24) is 9.97 Å². The summed E-state index contributed by atoms with van der Waals surface area (Å²) >= 11 is 11.7. The van der Waals surface area contributed by atoms with Gasteiger partial charge in [0.15, 0.2) is 0 Å². The van der Waals surface area contributed by atoms with Gasteiger partial charge < -0.3 is 21.5 Å². The Morgan fingerprint density at radius 3 is 2.46 bits per heavy atom. The lowest BCUT2D eigenvalue weighted by atomic mass is 10.2. The summed E-state index contributed by atoms with van der Waals surface area (Å²) in [5, 5.41) is 14.2. The van der Waals surface area contributed by atoms with Crippen molar-refractivity contribution in [2.24, 2.45) is 5.73 Å². The number of carbonyl (C=O) groups is 2. The molecule has 0 saturated heterocycles. The molecule has 1 atom stereocenters. The van der Waals surface area contributed by atoms with E-state index in [0.717, 1.165) is 0 Å². The number of rotatable bonds is 7. The second kappa shape index (κ2) is 8.48. The number of carboxylic acid groups (broad SMARTS) is 1. The Labute approximate surface area is 165 Å². The molecule has 150 valence electrons. The highest BCUT2D eigenvalue weighted by molar-refractivity contribution is 6.42. The molecule has 1 heterocycles. The SMILES string of the molecule is NC(=O)CC(Nc1nc(Nc2ccc(Cl)c(Cl)c2)ncc1C(F)(F)F)C(=O)O. The number of nitrogens with zero attached hydrogens (tertiary/aromatic N) is 2. The van der Waals surface area contributed by atoms with Crippen molar-refractivity contribution in [3.8, 4) is 0 Å². The molecule has 1 unspecified atom stereocenters. The average Bonchev–Trinajstić information content (AvgIpc) is 2.56. The maximum absolute atomic E-state index is 13.2. The zero-order chi connectivity index (χ0) is 21.1. The normalized spacial score (nSPS) is 12.3. The number of hydrogen-bond acceptors (Lipinski definition) is 6. The first kappa shape index (κ1) is 21.5. The fourth-order valence-electron chi connectivity index (χ4n) is 2.03. The summed E-state index contributed by atoms with van der Waals surface area (Å²) in [5.41, 5.74) is 3.94. The number of carboxylic acids is 1. The molecule has 0 radical (unpaired) electrons. The van der Waals surface area contributed by atoms with E-state index in [1.165, 1.54) is 18.2 Å². The van der Waals surface area contributed by atoms with Crippen LogP contribution in [0.25, 0.3) is 0 Å². The van der Waals surface area contributed by atoms with E-state index in [-0.39, 0.29) is 16.0 Å². The zero-order valence-electron chi connectivity index (χ0n) is 13.7. The van der Waals surface area contributed by atoms with Crippen LogP contribution >= 0.6 is 23.2 Å². The Hall–Kier alpha value is -2.79. The summed E-state index contributed by atoms with van der Waals surface area (Å²) in [5.74, 6) is -3.71. The van der Waals surface area contributed by atoms with Crippen molar-refractivity contribution < 1.29 is 27.9 Å². The van der Waals surface area contributed by atoms with Crippen LogP contribution in [0.3, 0.4) is 0 Å². The Balaban J connectivity index is 2.39. The van der Waals surface area contributed by atoms with Crippen LogP contribution in [-0.4, -0.2) is 33.0 Å². The van der Waals surface area contributed by atoms with Gasteiger partial charge in [0.2, 0.25) is 11.9 Å². The predicted molar refractivity (Wildman–Crippen MR) is 95.6 cm³/mol. The number of primary amides is 1. The third-order valence-corrected chi connectivity index (χ3v) is 4.02. The Morgan fingerprint density at radius 2 is 1.93 bits per heavy atom. The molecule has 28 heavy (non-hydrogen) atoms. The zero-order valence-corrected chi connectivity index (χ0v) is 15.2. The second-order valence-electron chi connectivity index (χ2n) is 5.41. The minimum Gasteiger partial charge on any atom is -0.480 e. The maximum Gasteiger partial charge on any atom is 0.421 e. The molecule has 2 aromatic rings. The van der Waals surface area contributed by atoms with Gasteiger partial charge in [0.05, 0.1) is 16.5 Å². The monoisotopic (exact) mass is 437 g/mol. The molecule has 2 rings (SSSR count). The van der Waals surface area contributed by atoms with Gasteiger partial charge in [0.25, 0.3) is 0 Å². The smallest absolute Gasteiger partial charge is 0.421 e. The molecule has 13 heteroatoms. The number of hydrogen-bond donors (Lipinski definition) is 4. The summed E-state index contributed by atoms with van der Waals surface area (Å²) in [6, 6.07) is 2.61. The number of nitrogens with one attached hydrogen (secondary N) is 2. The van der Waals surface area contributed by atoms with Gasteiger partial charge in [-0.2, -0.15) is 18.2 Å². The van der Waals surface area contributed by atoms with Crippen LogP contribution in [0.2, 0.25) is 10.0 Å². The Bertz CT molecular complexity index is 911. The molecule has 0 bridgehead atoms. The first-order valence-corrected chi connectivity index (χ1v) is 8.17. The van der Waals surface area contributed by atoms with Crippen LogP contribution < -0.4 is 16.4 Å². The van der Waals surface area contributed by atoms with Gasteiger partial charge in [-0.05, 0) is 18.2 Å². The molecule has 1 amide bonds. The van der Waals surface area contributed by atoms with E-state index in [1.54, 1.807) is 0 Å². The van der Waals surface area contributed by atoms with Gasteiger partial charge in [-0.15, -0.1) is 0 Å². The number of anilines is 3. The third kappa shape index (κ3) is 5.60. The van der Waals surface area contributed by atoms with Gasteiger partial charge in [0.1, 0.15) is 17.4 Å². The lowest BCUT2D eigenvalue weighted by Crippen LogP contribution is -2.35. The van der Waals surface area contributed by atoms with E-state index in [1.807, 2.05) is 0 Å². The fourth-order valence-corrected chi connectivity index (χ4v) is 2.33. The van der Waals surface area contributed by atoms with E-state index < -0.39 is 41.9 Å². The van der Waals surface area contributed by atoms with Crippen LogP contribution in [0.4, 0.5) is 30.6 Å². The molecule has 5 N–H and O–H groups in total. The molecule has 0 aliphatic carbocycles.